The summed E-state index contributed by atoms with van der Waals surface area (Å²) in [5, 5.41) is 6.87. The van der Waals surface area contributed by atoms with Gasteiger partial charge in [-0.15, -0.1) is 0 Å². The van der Waals surface area contributed by atoms with Gasteiger partial charge in [0.25, 0.3) is 5.91 Å². The summed E-state index contributed by atoms with van der Waals surface area (Å²) in [6.45, 7) is 2.19. The molecule has 0 spiro atoms. The highest BCUT2D eigenvalue weighted by Crippen LogP contribution is 2.13. The highest BCUT2D eigenvalue weighted by Gasteiger charge is 2.12. The number of benzene rings is 1. The Balaban J connectivity index is 2.30. The number of hydrogen-bond donors (Lipinski definition) is 2. The zero-order chi connectivity index (χ0) is 14.5. The van der Waals surface area contributed by atoms with Crippen molar-refractivity contribution in [1.29, 1.82) is 0 Å². The van der Waals surface area contributed by atoms with E-state index in [4.69, 9.17) is 5.73 Å². The summed E-state index contributed by atoms with van der Waals surface area (Å²) in [6.07, 6.45) is 1.76. The van der Waals surface area contributed by atoms with Crippen molar-refractivity contribution in [3.8, 4) is 11.8 Å². The van der Waals surface area contributed by atoms with Gasteiger partial charge in [-0.25, -0.2) is 0 Å². The van der Waals surface area contributed by atoms with Crippen molar-refractivity contribution in [2.45, 2.75) is 6.92 Å². The Morgan fingerprint density at radius 3 is 2.90 bits per heavy atom. The van der Waals surface area contributed by atoms with Crippen molar-refractivity contribution in [3.63, 3.8) is 0 Å². The van der Waals surface area contributed by atoms with Crippen LogP contribution in [0.3, 0.4) is 0 Å². The lowest BCUT2D eigenvalue weighted by atomic mass is 10.0. The highest BCUT2D eigenvalue weighted by atomic mass is 16.1. The molecular weight excluding hydrogens is 252 g/mol. The highest BCUT2D eigenvalue weighted by molar-refractivity contribution is 6.05. The molecule has 1 aromatic carbocycles. The number of nitrogens with zero attached hydrogens (tertiary/aromatic N) is 2. The average molecular weight is 268 g/mol. The van der Waals surface area contributed by atoms with Gasteiger partial charge >= 0.3 is 0 Å². The van der Waals surface area contributed by atoms with Crippen LogP contribution in [0.1, 0.15) is 21.5 Å². The van der Waals surface area contributed by atoms with Gasteiger partial charge in [0, 0.05) is 24.9 Å². The first-order valence-electron chi connectivity index (χ1n) is 6.20. The van der Waals surface area contributed by atoms with E-state index in [1.807, 2.05) is 19.1 Å². The third-order valence-electron chi connectivity index (χ3n) is 2.70. The fourth-order valence-electron chi connectivity index (χ4n) is 1.77. The molecule has 1 aromatic heterocycles. The van der Waals surface area contributed by atoms with Gasteiger partial charge in [0.1, 0.15) is 0 Å². The maximum atomic E-state index is 12.3. The van der Waals surface area contributed by atoms with Crippen molar-refractivity contribution in [3.05, 3.63) is 47.2 Å². The molecular formula is C15H16N4O. The summed E-state index contributed by atoms with van der Waals surface area (Å²) in [6, 6.07) is 7.28. The molecule has 0 atom stereocenters. The van der Waals surface area contributed by atoms with E-state index in [9.17, 15) is 4.79 Å². The van der Waals surface area contributed by atoms with Crippen LogP contribution in [0, 0.1) is 18.8 Å². The van der Waals surface area contributed by atoms with Crippen LogP contribution in [0.4, 0.5) is 5.82 Å². The summed E-state index contributed by atoms with van der Waals surface area (Å²) in [5.74, 6) is 5.96. The third-order valence-corrected chi connectivity index (χ3v) is 2.70. The van der Waals surface area contributed by atoms with E-state index in [1.165, 1.54) is 0 Å². The molecule has 0 aliphatic carbocycles. The van der Waals surface area contributed by atoms with Crippen LogP contribution in [-0.2, 0) is 7.05 Å². The van der Waals surface area contributed by atoms with Crippen molar-refractivity contribution in [1.82, 2.24) is 9.78 Å². The first-order chi connectivity index (χ1) is 9.60. The van der Waals surface area contributed by atoms with E-state index in [0.29, 0.717) is 16.9 Å². The minimum absolute atomic E-state index is 0.228. The lowest BCUT2D eigenvalue weighted by molar-refractivity contribution is 0.102. The van der Waals surface area contributed by atoms with Crippen LogP contribution in [0.5, 0.6) is 0 Å². The van der Waals surface area contributed by atoms with E-state index in [0.717, 1.165) is 5.56 Å². The normalized spacial score (nSPS) is 9.75. The van der Waals surface area contributed by atoms with E-state index in [2.05, 4.69) is 22.3 Å². The van der Waals surface area contributed by atoms with E-state index >= 15 is 0 Å². The number of rotatable bonds is 2. The summed E-state index contributed by atoms with van der Waals surface area (Å²) in [7, 11) is 1.79. The van der Waals surface area contributed by atoms with E-state index < -0.39 is 0 Å². The molecule has 102 valence electrons. The predicted molar refractivity (Wildman–Crippen MR) is 78.3 cm³/mol. The number of aryl methyl sites for hydroxylation is 2. The van der Waals surface area contributed by atoms with Gasteiger partial charge in [-0.2, -0.15) is 5.10 Å². The molecule has 5 heteroatoms. The number of carbonyl (C=O) groups excluding carboxylic acids is 1. The van der Waals surface area contributed by atoms with Gasteiger partial charge < -0.3 is 11.1 Å². The standard InChI is InChI=1S/C15H16N4O/c1-11-5-6-12(4-3-8-16)13(10-11)15(20)17-14-7-9-19(2)18-14/h5-7,9-10H,8,16H2,1-2H3,(H,17,18,20). The van der Waals surface area contributed by atoms with Crippen molar-refractivity contribution >= 4 is 11.7 Å². The second-order valence-electron chi connectivity index (χ2n) is 4.38. The number of nitrogens with two attached hydrogens (primary N) is 1. The summed E-state index contributed by atoms with van der Waals surface area (Å²) in [4.78, 5) is 12.3. The Kier molecular flexibility index (Phi) is 4.18. The van der Waals surface area contributed by atoms with Crippen molar-refractivity contribution < 1.29 is 4.79 Å². The predicted octanol–water partition coefficient (Wildman–Crippen LogP) is 1.29. The Morgan fingerprint density at radius 1 is 1.45 bits per heavy atom. The number of amides is 1. The zero-order valence-electron chi connectivity index (χ0n) is 11.5. The maximum absolute atomic E-state index is 12.3. The molecule has 20 heavy (non-hydrogen) atoms. The van der Waals surface area contributed by atoms with Crippen molar-refractivity contribution in [2.24, 2.45) is 12.8 Å². The lowest BCUT2D eigenvalue weighted by Crippen LogP contribution is -2.14. The first-order valence-corrected chi connectivity index (χ1v) is 6.20. The van der Waals surface area contributed by atoms with Gasteiger partial charge in [-0.1, -0.05) is 23.5 Å². The second kappa shape index (κ2) is 6.04. The molecule has 0 fully saturated rings. The Labute approximate surface area is 117 Å². The number of anilines is 1. The molecule has 1 heterocycles. The fourth-order valence-corrected chi connectivity index (χ4v) is 1.77. The van der Waals surface area contributed by atoms with Crippen molar-refractivity contribution in [2.75, 3.05) is 11.9 Å². The lowest BCUT2D eigenvalue weighted by Gasteiger charge is -2.06. The molecule has 1 amide bonds. The summed E-state index contributed by atoms with van der Waals surface area (Å²) >= 11 is 0. The van der Waals surface area contributed by atoms with Crippen LogP contribution in [0.2, 0.25) is 0 Å². The number of nitrogens with one attached hydrogen (secondary N) is 1. The number of carbonyl (C=O) groups is 1. The first kappa shape index (κ1) is 13.8. The molecule has 0 aliphatic rings. The Morgan fingerprint density at radius 2 is 2.25 bits per heavy atom. The van der Waals surface area contributed by atoms with Crippen LogP contribution in [-0.4, -0.2) is 22.2 Å². The number of aromatic nitrogens is 2. The largest absolute Gasteiger partial charge is 0.320 e. The minimum atomic E-state index is -0.228. The third kappa shape index (κ3) is 3.25. The second-order valence-corrected chi connectivity index (χ2v) is 4.38. The quantitative estimate of drug-likeness (QED) is 0.806. The number of hydrogen-bond acceptors (Lipinski definition) is 3. The Bertz CT molecular complexity index is 691. The van der Waals surface area contributed by atoms with Gasteiger partial charge in [-0.3, -0.25) is 9.48 Å². The molecule has 3 N–H and O–H groups in total. The van der Waals surface area contributed by atoms with Crippen LogP contribution >= 0.6 is 0 Å². The smallest absolute Gasteiger partial charge is 0.258 e. The van der Waals surface area contributed by atoms with Crippen LogP contribution < -0.4 is 11.1 Å². The minimum Gasteiger partial charge on any atom is -0.320 e. The molecule has 0 radical (unpaired) electrons. The molecule has 2 aromatic rings. The fraction of sp³-hybridized carbons (Fsp3) is 0.200. The van der Waals surface area contributed by atoms with Gasteiger partial charge in [0.05, 0.1) is 12.1 Å². The Hall–Kier alpha value is -2.58. The topological polar surface area (TPSA) is 72.9 Å². The molecule has 2 rings (SSSR count). The van der Waals surface area contributed by atoms with Crippen LogP contribution in [0.15, 0.2) is 30.5 Å². The SMILES string of the molecule is Cc1ccc(C#CCN)c(C(=O)Nc2ccn(C)n2)c1. The average Bonchev–Trinajstić information content (AvgIpc) is 2.82. The summed E-state index contributed by atoms with van der Waals surface area (Å²) < 4.78 is 1.63. The van der Waals surface area contributed by atoms with E-state index in [-0.39, 0.29) is 12.5 Å². The van der Waals surface area contributed by atoms with Gasteiger partial charge in [0.15, 0.2) is 5.82 Å². The molecule has 0 saturated heterocycles. The summed E-state index contributed by atoms with van der Waals surface area (Å²) in [5.41, 5.74) is 7.55. The molecule has 5 nitrogen and oxygen atoms in total. The molecule has 0 unspecified atom stereocenters. The van der Waals surface area contributed by atoms with Gasteiger partial charge in [0.2, 0.25) is 0 Å². The molecule has 0 bridgehead atoms. The molecule has 0 saturated carbocycles. The zero-order valence-corrected chi connectivity index (χ0v) is 11.5. The van der Waals surface area contributed by atoms with E-state index in [1.54, 1.807) is 30.1 Å². The van der Waals surface area contributed by atoms with Crippen LogP contribution in [0.25, 0.3) is 0 Å². The molecule has 0 aliphatic heterocycles. The maximum Gasteiger partial charge on any atom is 0.258 e. The monoisotopic (exact) mass is 268 g/mol. The van der Waals surface area contributed by atoms with Gasteiger partial charge in [-0.05, 0) is 19.1 Å².